The molecule has 0 aliphatic heterocycles. The summed E-state index contributed by atoms with van der Waals surface area (Å²) in [5.74, 6) is -0.207. The van der Waals surface area contributed by atoms with Crippen molar-refractivity contribution in [3.8, 4) is 11.4 Å². The predicted octanol–water partition coefficient (Wildman–Crippen LogP) is 1.70. The van der Waals surface area contributed by atoms with Crippen molar-refractivity contribution >= 4 is 10.0 Å². The molecule has 0 bridgehead atoms. The van der Waals surface area contributed by atoms with Crippen molar-refractivity contribution < 1.29 is 12.8 Å². The van der Waals surface area contributed by atoms with Gasteiger partial charge >= 0.3 is 0 Å². The first-order valence-electron chi connectivity index (χ1n) is 6.42. The van der Waals surface area contributed by atoms with Crippen molar-refractivity contribution in [2.75, 3.05) is 0 Å². The molecule has 0 aliphatic rings. The maximum absolute atomic E-state index is 14.0. The fraction of sp³-hybridized carbons (Fsp3) is 0.385. The van der Waals surface area contributed by atoms with Crippen LogP contribution in [0.15, 0.2) is 23.4 Å². The quantitative estimate of drug-likeness (QED) is 0.930. The standard InChI is InChI=1S/C13H17FN4O2S/c1-8(2)7-18-12(16-17-13(18)21(15,19)20)10-6-9(3)4-5-11(10)14/h4-6,8H,7H2,1-3H3,(H2,15,19,20). The summed E-state index contributed by atoms with van der Waals surface area (Å²) in [5.41, 5.74) is 1.04. The molecule has 0 amide bonds. The van der Waals surface area contributed by atoms with Gasteiger partial charge in [0, 0.05) is 6.54 Å². The Labute approximate surface area is 122 Å². The average Bonchev–Trinajstić information content (AvgIpc) is 2.74. The van der Waals surface area contributed by atoms with Crippen LogP contribution in [0.3, 0.4) is 0 Å². The van der Waals surface area contributed by atoms with E-state index >= 15 is 0 Å². The van der Waals surface area contributed by atoms with E-state index in [0.29, 0.717) is 6.54 Å². The van der Waals surface area contributed by atoms with Crippen LogP contribution in [0.25, 0.3) is 11.4 Å². The minimum Gasteiger partial charge on any atom is -0.296 e. The third-order valence-corrected chi connectivity index (χ3v) is 3.69. The molecule has 114 valence electrons. The van der Waals surface area contributed by atoms with Crippen molar-refractivity contribution in [2.45, 2.75) is 32.5 Å². The lowest BCUT2D eigenvalue weighted by molar-refractivity contribution is 0.485. The van der Waals surface area contributed by atoms with E-state index in [0.717, 1.165) is 5.56 Å². The molecule has 0 radical (unpaired) electrons. The molecule has 1 heterocycles. The minimum atomic E-state index is -4.02. The number of hydrogen-bond acceptors (Lipinski definition) is 4. The lowest BCUT2D eigenvalue weighted by Gasteiger charge is -2.12. The van der Waals surface area contributed by atoms with Crippen molar-refractivity contribution in [3.63, 3.8) is 0 Å². The number of rotatable bonds is 4. The van der Waals surface area contributed by atoms with E-state index in [1.165, 1.54) is 10.6 Å². The van der Waals surface area contributed by atoms with Crippen LogP contribution >= 0.6 is 0 Å². The van der Waals surface area contributed by atoms with Gasteiger partial charge in [0.2, 0.25) is 0 Å². The van der Waals surface area contributed by atoms with E-state index in [4.69, 9.17) is 5.14 Å². The topological polar surface area (TPSA) is 90.9 Å². The zero-order valence-corrected chi connectivity index (χ0v) is 12.9. The van der Waals surface area contributed by atoms with Crippen molar-refractivity contribution in [3.05, 3.63) is 29.6 Å². The first-order chi connectivity index (χ1) is 9.70. The SMILES string of the molecule is Cc1ccc(F)c(-c2nnc(S(N)(=O)=O)n2CC(C)C)c1. The monoisotopic (exact) mass is 312 g/mol. The van der Waals surface area contributed by atoms with Gasteiger partial charge in [-0.2, -0.15) is 0 Å². The van der Waals surface area contributed by atoms with Gasteiger partial charge in [-0.05, 0) is 25.0 Å². The van der Waals surface area contributed by atoms with Crippen molar-refractivity contribution in [1.82, 2.24) is 14.8 Å². The highest BCUT2D eigenvalue weighted by molar-refractivity contribution is 7.89. The average molecular weight is 312 g/mol. The number of benzene rings is 1. The second-order valence-electron chi connectivity index (χ2n) is 5.34. The molecule has 0 spiro atoms. The van der Waals surface area contributed by atoms with Crippen LogP contribution < -0.4 is 5.14 Å². The van der Waals surface area contributed by atoms with E-state index in [1.54, 1.807) is 12.1 Å². The molecule has 2 aromatic rings. The lowest BCUT2D eigenvalue weighted by Crippen LogP contribution is -2.20. The predicted molar refractivity (Wildman–Crippen MR) is 76.4 cm³/mol. The molecule has 1 aromatic carbocycles. The van der Waals surface area contributed by atoms with Gasteiger partial charge in [-0.25, -0.2) is 17.9 Å². The molecule has 0 fully saturated rings. The highest BCUT2D eigenvalue weighted by Crippen LogP contribution is 2.25. The van der Waals surface area contributed by atoms with Crippen LogP contribution in [0.2, 0.25) is 0 Å². The Morgan fingerprint density at radius 3 is 2.57 bits per heavy atom. The maximum Gasteiger partial charge on any atom is 0.273 e. The summed E-state index contributed by atoms with van der Waals surface area (Å²) in [6.07, 6.45) is 0. The number of nitrogens with two attached hydrogens (primary N) is 1. The summed E-state index contributed by atoms with van der Waals surface area (Å²) in [6.45, 7) is 5.95. The third-order valence-electron chi connectivity index (χ3n) is 2.88. The molecule has 0 saturated carbocycles. The van der Waals surface area contributed by atoms with E-state index < -0.39 is 15.8 Å². The fourth-order valence-corrected chi connectivity index (χ4v) is 2.66. The van der Waals surface area contributed by atoms with Crippen LogP contribution in [0.4, 0.5) is 4.39 Å². The van der Waals surface area contributed by atoms with E-state index in [-0.39, 0.29) is 22.5 Å². The number of halogens is 1. The van der Waals surface area contributed by atoms with E-state index in [1.807, 2.05) is 20.8 Å². The molecule has 0 atom stereocenters. The second kappa shape index (κ2) is 5.53. The minimum absolute atomic E-state index is 0.119. The summed E-state index contributed by atoms with van der Waals surface area (Å²) in [4.78, 5) is 0. The van der Waals surface area contributed by atoms with Gasteiger partial charge < -0.3 is 0 Å². The van der Waals surface area contributed by atoms with Gasteiger partial charge in [0.15, 0.2) is 5.82 Å². The Bertz CT molecular complexity index is 768. The molecule has 2 rings (SSSR count). The number of sulfonamides is 1. The maximum atomic E-state index is 14.0. The molecule has 6 nitrogen and oxygen atoms in total. The Morgan fingerprint density at radius 1 is 1.33 bits per heavy atom. The normalized spacial score (nSPS) is 12.1. The van der Waals surface area contributed by atoms with Gasteiger partial charge in [0.25, 0.3) is 15.2 Å². The molecule has 8 heteroatoms. The number of primary sulfonamides is 1. The summed E-state index contributed by atoms with van der Waals surface area (Å²) in [7, 11) is -4.02. The zero-order chi connectivity index (χ0) is 15.8. The van der Waals surface area contributed by atoms with Crippen LogP contribution in [-0.2, 0) is 16.6 Å². The Kier molecular flexibility index (Phi) is 4.11. The van der Waals surface area contributed by atoms with Crippen LogP contribution in [0, 0.1) is 18.7 Å². The Hall–Kier alpha value is -1.80. The molecule has 0 unspecified atom stereocenters. The summed E-state index contributed by atoms with van der Waals surface area (Å²) in [5, 5.41) is 12.2. The molecule has 2 N–H and O–H groups in total. The van der Waals surface area contributed by atoms with E-state index in [9.17, 15) is 12.8 Å². The first-order valence-corrected chi connectivity index (χ1v) is 7.97. The summed E-state index contributed by atoms with van der Waals surface area (Å²) in [6, 6.07) is 4.54. The Balaban J connectivity index is 2.69. The molecular weight excluding hydrogens is 295 g/mol. The zero-order valence-electron chi connectivity index (χ0n) is 12.0. The molecular formula is C13H17FN4O2S. The molecule has 21 heavy (non-hydrogen) atoms. The highest BCUT2D eigenvalue weighted by atomic mass is 32.2. The largest absolute Gasteiger partial charge is 0.296 e. The number of aromatic nitrogens is 3. The van der Waals surface area contributed by atoms with Crippen molar-refractivity contribution in [2.24, 2.45) is 11.1 Å². The van der Waals surface area contributed by atoms with Gasteiger partial charge in [0.1, 0.15) is 5.82 Å². The van der Waals surface area contributed by atoms with Crippen molar-refractivity contribution in [1.29, 1.82) is 0 Å². The van der Waals surface area contributed by atoms with Gasteiger partial charge in [-0.3, -0.25) is 4.57 Å². The lowest BCUT2D eigenvalue weighted by atomic mass is 10.1. The Morgan fingerprint density at radius 2 is 2.00 bits per heavy atom. The van der Waals surface area contributed by atoms with Crippen LogP contribution in [0.1, 0.15) is 19.4 Å². The van der Waals surface area contributed by atoms with Gasteiger partial charge in [-0.15, -0.1) is 10.2 Å². The first kappa shape index (κ1) is 15.6. The van der Waals surface area contributed by atoms with E-state index in [2.05, 4.69) is 10.2 Å². The second-order valence-corrected chi connectivity index (χ2v) is 6.79. The molecule has 0 saturated heterocycles. The summed E-state index contributed by atoms with van der Waals surface area (Å²) < 4.78 is 38.5. The van der Waals surface area contributed by atoms with Gasteiger partial charge in [0.05, 0.1) is 5.56 Å². The number of aryl methyl sites for hydroxylation is 1. The molecule has 1 aromatic heterocycles. The van der Waals surface area contributed by atoms with Crippen LogP contribution in [-0.4, -0.2) is 23.2 Å². The highest BCUT2D eigenvalue weighted by Gasteiger charge is 2.24. The van der Waals surface area contributed by atoms with Crippen LogP contribution in [0.5, 0.6) is 0 Å². The van der Waals surface area contributed by atoms with Gasteiger partial charge in [-0.1, -0.05) is 25.5 Å². The summed E-state index contributed by atoms with van der Waals surface area (Å²) >= 11 is 0. The molecule has 0 aliphatic carbocycles. The fourth-order valence-electron chi connectivity index (χ4n) is 2.04. The third kappa shape index (κ3) is 3.27. The smallest absolute Gasteiger partial charge is 0.273 e. The number of nitrogens with zero attached hydrogens (tertiary/aromatic N) is 3. The number of hydrogen-bond donors (Lipinski definition) is 1.